The molecule has 6 heteroatoms. The van der Waals surface area contributed by atoms with Crippen LogP contribution in [0.1, 0.15) is 22.3 Å². The molecule has 0 radical (unpaired) electrons. The van der Waals surface area contributed by atoms with Crippen LogP contribution in [-0.4, -0.2) is 42.2 Å². The number of hydrogen-bond donors (Lipinski definition) is 1. The second kappa shape index (κ2) is 8.76. The molecule has 1 atom stereocenters. The minimum absolute atomic E-state index is 0.134. The summed E-state index contributed by atoms with van der Waals surface area (Å²) in [5, 5.41) is 2.91. The maximum absolute atomic E-state index is 12.2. The highest BCUT2D eigenvalue weighted by Gasteiger charge is 2.17. The van der Waals surface area contributed by atoms with Crippen molar-refractivity contribution in [3.05, 3.63) is 53.7 Å². The lowest BCUT2D eigenvalue weighted by atomic mass is 10.1. The fourth-order valence-corrected chi connectivity index (χ4v) is 3.78. The molecule has 1 amide bonds. The predicted octanol–water partition coefficient (Wildman–Crippen LogP) is 2.95. The van der Waals surface area contributed by atoms with Gasteiger partial charge in [-0.15, -0.1) is 0 Å². The first-order valence-corrected chi connectivity index (χ1v) is 9.52. The van der Waals surface area contributed by atoms with E-state index < -0.39 is 0 Å². The average Bonchev–Trinajstić information content (AvgIpc) is 3.15. The van der Waals surface area contributed by atoms with Gasteiger partial charge in [-0.05, 0) is 36.3 Å². The van der Waals surface area contributed by atoms with Crippen LogP contribution < -0.4 is 14.8 Å². The highest BCUT2D eigenvalue weighted by Crippen LogP contribution is 2.22. The molecule has 5 nitrogen and oxygen atoms in total. The summed E-state index contributed by atoms with van der Waals surface area (Å²) in [4.78, 5) is 16.5. The summed E-state index contributed by atoms with van der Waals surface area (Å²) >= 11 is 1.89. The number of amides is 1. The fourth-order valence-electron chi connectivity index (χ4n) is 2.68. The normalized spacial score (nSPS) is 16.4. The van der Waals surface area contributed by atoms with Crippen LogP contribution in [-0.2, 0) is 6.42 Å². The van der Waals surface area contributed by atoms with Crippen LogP contribution in [0.3, 0.4) is 0 Å². The van der Waals surface area contributed by atoms with E-state index in [1.54, 1.807) is 25.4 Å². The monoisotopic (exact) mass is 358 g/mol. The first-order valence-electron chi connectivity index (χ1n) is 8.37. The van der Waals surface area contributed by atoms with Crippen molar-refractivity contribution in [1.82, 2.24) is 10.3 Å². The number of nitrogens with one attached hydrogen (secondary N) is 1. The van der Waals surface area contributed by atoms with Crippen molar-refractivity contribution in [2.45, 2.75) is 18.9 Å². The zero-order valence-corrected chi connectivity index (χ0v) is 15.1. The van der Waals surface area contributed by atoms with E-state index >= 15 is 0 Å². The molecule has 2 aromatic rings. The van der Waals surface area contributed by atoms with Gasteiger partial charge in [-0.1, -0.05) is 18.2 Å². The summed E-state index contributed by atoms with van der Waals surface area (Å²) in [6.07, 6.45) is 3.56. The Morgan fingerprint density at radius 1 is 1.32 bits per heavy atom. The molecular formula is C19H22N2O3S. The summed E-state index contributed by atoms with van der Waals surface area (Å²) in [6, 6.07) is 11.3. The van der Waals surface area contributed by atoms with Gasteiger partial charge in [-0.3, -0.25) is 4.79 Å². The fraction of sp³-hybridized carbons (Fsp3) is 0.368. The quantitative estimate of drug-likeness (QED) is 0.825. The van der Waals surface area contributed by atoms with E-state index in [0.717, 1.165) is 29.2 Å². The van der Waals surface area contributed by atoms with Gasteiger partial charge in [0.05, 0.1) is 12.7 Å². The van der Waals surface area contributed by atoms with Crippen molar-refractivity contribution in [1.29, 1.82) is 0 Å². The third kappa shape index (κ3) is 4.89. The molecule has 2 heterocycles. The van der Waals surface area contributed by atoms with E-state index in [1.807, 2.05) is 36.0 Å². The van der Waals surface area contributed by atoms with Crippen LogP contribution in [0.5, 0.6) is 11.6 Å². The van der Waals surface area contributed by atoms with Crippen molar-refractivity contribution >= 4 is 17.7 Å². The Kier molecular flexibility index (Phi) is 6.17. The molecule has 132 valence electrons. The van der Waals surface area contributed by atoms with Gasteiger partial charge in [0.1, 0.15) is 11.9 Å². The van der Waals surface area contributed by atoms with Crippen LogP contribution in [0.4, 0.5) is 0 Å². The van der Waals surface area contributed by atoms with E-state index in [1.165, 1.54) is 0 Å². The van der Waals surface area contributed by atoms with E-state index in [4.69, 9.17) is 9.47 Å². The first kappa shape index (κ1) is 17.6. The highest BCUT2D eigenvalue weighted by atomic mass is 32.2. The number of aromatic nitrogens is 1. The molecule has 1 aliphatic heterocycles. The van der Waals surface area contributed by atoms with Gasteiger partial charge in [0.15, 0.2) is 0 Å². The summed E-state index contributed by atoms with van der Waals surface area (Å²) in [5.41, 5.74) is 1.61. The smallest absolute Gasteiger partial charge is 0.252 e. The molecule has 1 aromatic carbocycles. The number of carbonyl (C=O) groups excluding carboxylic acids is 1. The number of nitrogens with zero attached hydrogens (tertiary/aromatic N) is 1. The number of benzene rings is 1. The Hall–Kier alpha value is -2.21. The van der Waals surface area contributed by atoms with Crippen molar-refractivity contribution < 1.29 is 14.3 Å². The van der Waals surface area contributed by atoms with Gasteiger partial charge in [-0.2, -0.15) is 11.8 Å². The zero-order valence-electron chi connectivity index (χ0n) is 14.2. The summed E-state index contributed by atoms with van der Waals surface area (Å²) in [7, 11) is 1.65. The van der Waals surface area contributed by atoms with Crippen LogP contribution in [0.15, 0.2) is 42.6 Å². The second-order valence-electron chi connectivity index (χ2n) is 5.81. The number of ether oxygens (including phenoxy) is 2. The Bertz CT molecular complexity index is 700. The number of methoxy groups -OCH3 is 1. The minimum atomic E-state index is -0.134. The topological polar surface area (TPSA) is 60.5 Å². The molecular weight excluding hydrogens is 336 g/mol. The molecule has 0 bridgehead atoms. The number of pyridine rings is 1. The molecule has 1 aliphatic rings. The van der Waals surface area contributed by atoms with Crippen LogP contribution in [0.2, 0.25) is 0 Å². The van der Waals surface area contributed by atoms with Gasteiger partial charge in [0, 0.05) is 24.6 Å². The van der Waals surface area contributed by atoms with Gasteiger partial charge in [0.2, 0.25) is 5.88 Å². The highest BCUT2D eigenvalue weighted by molar-refractivity contribution is 7.99. The van der Waals surface area contributed by atoms with E-state index in [9.17, 15) is 4.79 Å². The Morgan fingerprint density at radius 2 is 2.20 bits per heavy atom. The number of hydrogen-bond acceptors (Lipinski definition) is 5. The lowest BCUT2D eigenvalue weighted by molar-refractivity contribution is 0.0953. The zero-order chi connectivity index (χ0) is 17.5. The largest absolute Gasteiger partial charge is 0.496 e. The molecule has 0 aliphatic carbocycles. The summed E-state index contributed by atoms with van der Waals surface area (Å²) in [5.74, 6) is 3.43. The molecule has 1 fully saturated rings. The molecule has 0 spiro atoms. The maximum Gasteiger partial charge on any atom is 0.252 e. The van der Waals surface area contributed by atoms with Crippen molar-refractivity contribution in [2.75, 3.05) is 25.2 Å². The Balaban J connectivity index is 1.49. The lowest BCUT2D eigenvalue weighted by Crippen LogP contribution is -2.26. The van der Waals surface area contributed by atoms with Gasteiger partial charge >= 0.3 is 0 Å². The van der Waals surface area contributed by atoms with Gasteiger partial charge in [-0.25, -0.2) is 4.98 Å². The van der Waals surface area contributed by atoms with E-state index in [-0.39, 0.29) is 12.0 Å². The standard InChI is InChI=1S/C19H22N2O3S/c1-23-17-5-3-2-4-14(17)8-10-20-19(22)15-6-7-18(21-12-15)24-16-9-11-25-13-16/h2-7,12,16H,8-11,13H2,1H3,(H,20,22)/t16-/m0/s1. The summed E-state index contributed by atoms with van der Waals surface area (Å²) in [6.45, 7) is 0.538. The number of thioether (sulfide) groups is 1. The van der Waals surface area contributed by atoms with Crippen molar-refractivity contribution in [3.8, 4) is 11.6 Å². The van der Waals surface area contributed by atoms with Crippen molar-refractivity contribution in [2.24, 2.45) is 0 Å². The molecule has 3 rings (SSSR count). The molecule has 1 N–H and O–H groups in total. The maximum atomic E-state index is 12.2. The lowest BCUT2D eigenvalue weighted by Gasteiger charge is -2.12. The van der Waals surface area contributed by atoms with Crippen LogP contribution in [0, 0.1) is 0 Å². The predicted molar refractivity (Wildman–Crippen MR) is 99.6 cm³/mol. The first-order chi connectivity index (χ1) is 12.3. The van der Waals surface area contributed by atoms with Crippen LogP contribution in [0.25, 0.3) is 0 Å². The van der Waals surface area contributed by atoms with E-state index in [2.05, 4.69) is 10.3 Å². The van der Waals surface area contributed by atoms with E-state index in [0.29, 0.717) is 24.4 Å². The molecule has 0 unspecified atom stereocenters. The molecule has 1 aromatic heterocycles. The van der Waals surface area contributed by atoms with Crippen LogP contribution >= 0.6 is 11.8 Å². The Morgan fingerprint density at radius 3 is 2.92 bits per heavy atom. The third-order valence-corrected chi connectivity index (χ3v) is 5.18. The summed E-state index contributed by atoms with van der Waals surface area (Å²) < 4.78 is 11.1. The van der Waals surface area contributed by atoms with Gasteiger partial charge < -0.3 is 14.8 Å². The van der Waals surface area contributed by atoms with Crippen molar-refractivity contribution in [3.63, 3.8) is 0 Å². The Labute approximate surface area is 152 Å². The van der Waals surface area contributed by atoms with Gasteiger partial charge in [0.25, 0.3) is 5.91 Å². The average molecular weight is 358 g/mol. The third-order valence-electron chi connectivity index (χ3n) is 4.05. The SMILES string of the molecule is COc1ccccc1CCNC(=O)c1ccc(O[C@H]2CCSC2)nc1. The number of para-hydroxylation sites is 1. The second-order valence-corrected chi connectivity index (χ2v) is 6.96. The molecule has 0 saturated carbocycles. The number of carbonyl (C=O) groups is 1. The molecule has 25 heavy (non-hydrogen) atoms. The molecule has 1 saturated heterocycles. The minimum Gasteiger partial charge on any atom is -0.496 e. The number of rotatable bonds is 7.